The Labute approximate surface area is 134 Å². The van der Waals surface area contributed by atoms with Crippen LogP contribution >= 0.6 is 0 Å². The number of hydrogen-bond acceptors (Lipinski definition) is 4. The molecule has 0 amide bonds. The van der Waals surface area contributed by atoms with Crippen LogP contribution in [0.15, 0.2) is 30.3 Å². The minimum Gasteiger partial charge on any atom is -0.396 e. The number of aliphatic hydroxyl groups excluding tert-OH is 1. The molecule has 0 radical (unpaired) electrons. The van der Waals surface area contributed by atoms with Gasteiger partial charge in [-0.1, -0.05) is 30.3 Å². The molecule has 1 unspecified atom stereocenters. The standard InChI is InChI=1S/C18H30O4/c1-4-20-16(2)21-14-12-18(3,11-8-13-19)22-15-17-9-6-5-7-10-17/h5-7,9-10,16,19H,4,8,11-15H2,1-3H3/t16?,18-/m1/s1. The molecule has 126 valence electrons. The van der Waals surface area contributed by atoms with Crippen LogP contribution in [0.4, 0.5) is 0 Å². The first-order valence-corrected chi connectivity index (χ1v) is 8.11. The lowest BCUT2D eigenvalue weighted by molar-refractivity contribution is -0.144. The smallest absolute Gasteiger partial charge is 0.154 e. The SMILES string of the molecule is CCOC(C)OCC[C@@](C)(CCCO)OCc1ccccc1. The van der Waals surface area contributed by atoms with Gasteiger partial charge in [0.15, 0.2) is 6.29 Å². The van der Waals surface area contributed by atoms with E-state index in [9.17, 15) is 0 Å². The van der Waals surface area contributed by atoms with E-state index in [-0.39, 0.29) is 18.5 Å². The zero-order chi connectivity index (χ0) is 16.3. The van der Waals surface area contributed by atoms with Gasteiger partial charge in [-0.3, -0.25) is 0 Å². The van der Waals surface area contributed by atoms with Gasteiger partial charge in [0, 0.05) is 13.2 Å². The van der Waals surface area contributed by atoms with Crippen molar-refractivity contribution in [3.05, 3.63) is 35.9 Å². The molecule has 4 nitrogen and oxygen atoms in total. The van der Waals surface area contributed by atoms with E-state index in [1.807, 2.05) is 32.0 Å². The Balaban J connectivity index is 2.45. The highest BCUT2D eigenvalue weighted by atomic mass is 16.7. The summed E-state index contributed by atoms with van der Waals surface area (Å²) < 4.78 is 17.1. The summed E-state index contributed by atoms with van der Waals surface area (Å²) in [6.45, 7) is 7.92. The van der Waals surface area contributed by atoms with Crippen molar-refractivity contribution in [1.29, 1.82) is 0 Å². The molecule has 4 heteroatoms. The highest BCUT2D eigenvalue weighted by Crippen LogP contribution is 2.24. The molecular weight excluding hydrogens is 280 g/mol. The monoisotopic (exact) mass is 310 g/mol. The predicted octanol–water partition coefficient (Wildman–Crippen LogP) is 3.52. The fourth-order valence-electron chi connectivity index (χ4n) is 2.28. The number of aliphatic hydroxyl groups is 1. The van der Waals surface area contributed by atoms with E-state index in [1.165, 1.54) is 0 Å². The summed E-state index contributed by atoms with van der Waals surface area (Å²) in [5.41, 5.74) is 0.853. The Morgan fingerprint density at radius 1 is 1.14 bits per heavy atom. The average Bonchev–Trinajstić information content (AvgIpc) is 2.52. The van der Waals surface area contributed by atoms with E-state index >= 15 is 0 Å². The van der Waals surface area contributed by atoms with Gasteiger partial charge in [-0.05, 0) is 45.6 Å². The van der Waals surface area contributed by atoms with E-state index in [0.717, 1.165) is 24.8 Å². The van der Waals surface area contributed by atoms with Gasteiger partial charge in [-0.15, -0.1) is 0 Å². The van der Waals surface area contributed by atoms with Gasteiger partial charge in [0.1, 0.15) is 0 Å². The van der Waals surface area contributed by atoms with Crippen LogP contribution < -0.4 is 0 Å². The third kappa shape index (κ3) is 7.90. The van der Waals surface area contributed by atoms with Crippen molar-refractivity contribution in [2.75, 3.05) is 19.8 Å². The van der Waals surface area contributed by atoms with E-state index in [0.29, 0.717) is 19.8 Å². The highest BCUT2D eigenvalue weighted by molar-refractivity contribution is 5.13. The maximum absolute atomic E-state index is 9.09. The van der Waals surface area contributed by atoms with Gasteiger partial charge in [-0.2, -0.15) is 0 Å². The van der Waals surface area contributed by atoms with Gasteiger partial charge in [0.05, 0.1) is 18.8 Å². The predicted molar refractivity (Wildman–Crippen MR) is 87.6 cm³/mol. The molecule has 1 N–H and O–H groups in total. The van der Waals surface area contributed by atoms with E-state index < -0.39 is 0 Å². The molecule has 0 aliphatic rings. The van der Waals surface area contributed by atoms with E-state index in [1.54, 1.807) is 0 Å². The van der Waals surface area contributed by atoms with Gasteiger partial charge < -0.3 is 19.3 Å². The molecule has 0 saturated heterocycles. The van der Waals surface area contributed by atoms with Crippen molar-refractivity contribution in [1.82, 2.24) is 0 Å². The van der Waals surface area contributed by atoms with Crippen molar-refractivity contribution in [3.8, 4) is 0 Å². The van der Waals surface area contributed by atoms with Crippen LogP contribution in [-0.4, -0.2) is 36.8 Å². The Morgan fingerprint density at radius 3 is 2.50 bits per heavy atom. The zero-order valence-electron chi connectivity index (χ0n) is 14.1. The number of hydrogen-bond donors (Lipinski definition) is 1. The number of rotatable bonds is 12. The largest absolute Gasteiger partial charge is 0.396 e. The molecule has 22 heavy (non-hydrogen) atoms. The van der Waals surface area contributed by atoms with Crippen LogP contribution in [0.2, 0.25) is 0 Å². The molecule has 1 aromatic carbocycles. The van der Waals surface area contributed by atoms with Gasteiger partial charge in [0.2, 0.25) is 0 Å². The minimum atomic E-state index is -0.301. The molecule has 0 spiro atoms. The van der Waals surface area contributed by atoms with Gasteiger partial charge in [0.25, 0.3) is 0 Å². The third-order valence-electron chi connectivity index (χ3n) is 3.68. The van der Waals surface area contributed by atoms with Crippen LogP contribution in [0.3, 0.4) is 0 Å². The fourth-order valence-corrected chi connectivity index (χ4v) is 2.28. The second-order valence-corrected chi connectivity index (χ2v) is 5.70. The summed E-state index contributed by atoms with van der Waals surface area (Å²) >= 11 is 0. The van der Waals surface area contributed by atoms with Crippen LogP contribution in [0, 0.1) is 0 Å². The molecule has 0 bridgehead atoms. The van der Waals surface area contributed by atoms with Crippen molar-refractivity contribution in [2.24, 2.45) is 0 Å². The maximum atomic E-state index is 9.09. The topological polar surface area (TPSA) is 47.9 Å². The van der Waals surface area contributed by atoms with Gasteiger partial charge in [-0.25, -0.2) is 0 Å². The molecule has 0 fully saturated rings. The molecular formula is C18H30O4. The molecule has 2 atom stereocenters. The second-order valence-electron chi connectivity index (χ2n) is 5.70. The summed E-state index contributed by atoms with van der Waals surface area (Å²) in [5.74, 6) is 0. The molecule has 0 aromatic heterocycles. The van der Waals surface area contributed by atoms with Crippen molar-refractivity contribution in [3.63, 3.8) is 0 Å². The van der Waals surface area contributed by atoms with Crippen LogP contribution in [0.1, 0.15) is 45.6 Å². The first kappa shape index (κ1) is 19.1. The van der Waals surface area contributed by atoms with Crippen LogP contribution in [0.25, 0.3) is 0 Å². The van der Waals surface area contributed by atoms with E-state index in [2.05, 4.69) is 19.1 Å². The molecule has 1 aromatic rings. The third-order valence-corrected chi connectivity index (χ3v) is 3.68. The molecule has 0 heterocycles. The molecule has 0 aliphatic heterocycles. The Kier molecular flexibility index (Phi) is 9.32. The lowest BCUT2D eigenvalue weighted by Crippen LogP contribution is -2.31. The Bertz CT molecular complexity index is 382. The first-order chi connectivity index (χ1) is 10.6. The highest BCUT2D eigenvalue weighted by Gasteiger charge is 2.25. The van der Waals surface area contributed by atoms with Crippen LogP contribution in [0.5, 0.6) is 0 Å². The maximum Gasteiger partial charge on any atom is 0.154 e. The Hall–Kier alpha value is -0.940. The second kappa shape index (κ2) is 10.7. The summed E-state index contributed by atoms with van der Waals surface area (Å²) in [6, 6.07) is 10.1. The quantitative estimate of drug-likeness (QED) is 0.600. The number of ether oxygens (including phenoxy) is 3. The number of benzene rings is 1. The molecule has 0 saturated carbocycles. The average molecular weight is 310 g/mol. The van der Waals surface area contributed by atoms with Gasteiger partial charge >= 0.3 is 0 Å². The van der Waals surface area contributed by atoms with Crippen molar-refractivity contribution < 1.29 is 19.3 Å². The van der Waals surface area contributed by atoms with E-state index in [4.69, 9.17) is 19.3 Å². The lowest BCUT2D eigenvalue weighted by Gasteiger charge is -2.30. The molecule has 0 aliphatic carbocycles. The van der Waals surface area contributed by atoms with Crippen molar-refractivity contribution >= 4 is 0 Å². The summed E-state index contributed by atoms with van der Waals surface area (Å²) in [7, 11) is 0. The first-order valence-electron chi connectivity index (χ1n) is 8.11. The summed E-state index contributed by atoms with van der Waals surface area (Å²) in [6.07, 6.45) is 2.12. The summed E-state index contributed by atoms with van der Waals surface area (Å²) in [4.78, 5) is 0. The summed E-state index contributed by atoms with van der Waals surface area (Å²) in [5, 5.41) is 9.09. The normalized spacial score (nSPS) is 15.5. The Morgan fingerprint density at radius 2 is 1.86 bits per heavy atom. The minimum absolute atomic E-state index is 0.181. The molecule has 1 rings (SSSR count). The zero-order valence-corrected chi connectivity index (χ0v) is 14.1. The lowest BCUT2D eigenvalue weighted by atomic mass is 9.96. The fraction of sp³-hybridized carbons (Fsp3) is 0.667. The van der Waals surface area contributed by atoms with Crippen molar-refractivity contribution in [2.45, 2.75) is 58.5 Å². The van der Waals surface area contributed by atoms with Crippen LogP contribution in [-0.2, 0) is 20.8 Å².